The molecule has 0 radical (unpaired) electrons. The minimum Gasteiger partial charge on any atom is -0.410 e. The number of nitrogens with zero attached hydrogens (tertiary/aromatic N) is 2. The normalized spacial score (nSPS) is 20.1. The van der Waals surface area contributed by atoms with Crippen LogP contribution in [0.2, 0.25) is 0 Å². The fourth-order valence-corrected chi connectivity index (χ4v) is 3.24. The van der Waals surface area contributed by atoms with E-state index in [-0.39, 0.29) is 6.85 Å². The molecular formula is C19H24BN2+. The van der Waals surface area contributed by atoms with Crippen LogP contribution >= 0.6 is 0 Å². The van der Waals surface area contributed by atoms with E-state index in [1.807, 2.05) is 43.1 Å². The van der Waals surface area contributed by atoms with Gasteiger partial charge in [-0.2, -0.15) is 0 Å². The summed E-state index contributed by atoms with van der Waals surface area (Å²) < 4.78 is 33.6. The maximum absolute atomic E-state index is 8.42. The third-order valence-electron chi connectivity index (χ3n) is 4.45. The van der Waals surface area contributed by atoms with Crippen molar-refractivity contribution in [2.24, 2.45) is 7.05 Å². The van der Waals surface area contributed by atoms with Gasteiger partial charge in [-0.05, 0) is 42.1 Å². The first kappa shape index (κ1) is 10.7. The van der Waals surface area contributed by atoms with Crippen molar-refractivity contribution in [3.05, 3.63) is 58.6 Å². The van der Waals surface area contributed by atoms with E-state index < -0.39 is 12.7 Å². The molecule has 0 N–H and O–H groups in total. The molecule has 0 fully saturated rings. The first-order chi connectivity index (χ1) is 12.0. The second-order valence-corrected chi connectivity index (χ2v) is 6.04. The SMILES string of the molecule is [2H]C([2H])([2H])C([2H])(C)c1cc[n+](C)c(B2C(C)=c3ccccc3=CN2C)c1. The van der Waals surface area contributed by atoms with Crippen LogP contribution in [0.25, 0.3) is 11.7 Å². The molecule has 2 aromatic rings. The van der Waals surface area contributed by atoms with Gasteiger partial charge in [0.15, 0.2) is 11.8 Å². The highest BCUT2D eigenvalue weighted by Gasteiger charge is 2.33. The Hall–Kier alpha value is -2.03. The van der Waals surface area contributed by atoms with Crippen molar-refractivity contribution in [3.63, 3.8) is 0 Å². The quantitative estimate of drug-likeness (QED) is 0.590. The summed E-state index contributed by atoms with van der Waals surface area (Å²) in [4.78, 5) is 2.15. The number of aryl methyl sites for hydroxylation is 1. The fraction of sp³-hybridized carbons (Fsp3) is 0.316. The number of benzene rings is 1. The van der Waals surface area contributed by atoms with Crippen LogP contribution in [0.1, 0.15) is 37.6 Å². The molecule has 112 valence electrons. The fourth-order valence-electron chi connectivity index (χ4n) is 3.24. The number of rotatable bonds is 2. The van der Waals surface area contributed by atoms with Crippen molar-refractivity contribution in [2.75, 3.05) is 7.05 Å². The Kier molecular flexibility index (Phi) is 2.73. The molecule has 1 aliphatic rings. The van der Waals surface area contributed by atoms with Crippen LogP contribution in [0.3, 0.4) is 0 Å². The Bertz CT molecular complexity index is 966. The minimum absolute atomic E-state index is 0.0118. The second kappa shape index (κ2) is 5.64. The van der Waals surface area contributed by atoms with Gasteiger partial charge in [-0.25, -0.2) is 4.57 Å². The van der Waals surface area contributed by atoms with E-state index in [9.17, 15) is 0 Å². The summed E-state index contributed by atoms with van der Waals surface area (Å²) in [6.45, 7) is 1.17. The maximum atomic E-state index is 8.42. The van der Waals surface area contributed by atoms with Crippen LogP contribution in [0.15, 0.2) is 42.6 Å². The van der Waals surface area contributed by atoms with Gasteiger partial charge in [-0.15, -0.1) is 0 Å². The molecule has 2 heterocycles. The van der Waals surface area contributed by atoms with E-state index >= 15 is 0 Å². The van der Waals surface area contributed by atoms with Gasteiger partial charge < -0.3 is 4.81 Å². The summed E-state index contributed by atoms with van der Waals surface area (Å²) in [6, 6.07) is 11.9. The molecule has 3 heteroatoms. The summed E-state index contributed by atoms with van der Waals surface area (Å²) in [5.74, 6) is -1.65. The molecule has 0 bridgehead atoms. The summed E-state index contributed by atoms with van der Waals surface area (Å²) in [6.07, 6.45) is 3.97. The van der Waals surface area contributed by atoms with E-state index in [2.05, 4.69) is 30.1 Å². The van der Waals surface area contributed by atoms with Gasteiger partial charge in [-0.3, -0.25) is 0 Å². The molecule has 0 spiro atoms. The molecule has 22 heavy (non-hydrogen) atoms. The van der Waals surface area contributed by atoms with Crippen molar-refractivity contribution in [3.8, 4) is 0 Å². The lowest BCUT2D eigenvalue weighted by molar-refractivity contribution is -0.654. The van der Waals surface area contributed by atoms with E-state index in [0.29, 0.717) is 5.56 Å². The van der Waals surface area contributed by atoms with E-state index in [4.69, 9.17) is 5.48 Å². The van der Waals surface area contributed by atoms with Crippen molar-refractivity contribution >= 4 is 24.1 Å². The van der Waals surface area contributed by atoms with E-state index in [1.165, 1.54) is 22.8 Å². The van der Waals surface area contributed by atoms with E-state index in [0.717, 1.165) is 5.59 Å². The molecule has 1 aliphatic heterocycles. The van der Waals surface area contributed by atoms with E-state index in [1.54, 1.807) is 6.07 Å². The van der Waals surface area contributed by atoms with Crippen LogP contribution in [-0.4, -0.2) is 18.7 Å². The van der Waals surface area contributed by atoms with Gasteiger partial charge in [-0.1, -0.05) is 43.5 Å². The Labute approximate surface area is 139 Å². The van der Waals surface area contributed by atoms with Crippen molar-refractivity contribution in [1.82, 2.24) is 4.81 Å². The average molecular weight is 295 g/mol. The van der Waals surface area contributed by atoms with Crippen LogP contribution in [0.4, 0.5) is 0 Å². The molecule has 0 saturated heterocycles. The highest BCUT2D eigenvalue weighted by Crippen LogP contribution is 2.13. The molecule has 1 unspecified atom stereocenters. The monoisotopic (exact) mass is 295 g/mol. The standard InChI is InChI=1S/C19H24BN2/c1-14(2)16-10-11-21(4)19(12-16)20-15(3)18-9-7-6-8-17(18)13-22(20)5/h6-14H,1-5H3/q+1/i1D3,14D. The highest BCUT2D eigenvalue weighted by molar-refractivity contribution is 6.85. The summed E-state index contributed by atoms with van der Waals surface area (Å²) in [7, 11) is 3.98. The molecule has 1 aromatic heterocycles. The van der Waals surface area contributed by atoms with Gasteiger partial charge in [0, 0.05) is 17.6 Å². The first-order valence-corrected chi connectivity index (χ1v) is 7.54. The van der Waals surface area contributed by atoms with Gasteiger partial charge in [0.1, 0.15) is 7.05 Å². The van der Waals surface area contributed by atoms with Gasteiger partial charge in [0.05, 0.1) is 0 Å². The Morgan fingerprint density at radius 1 is 1.32 bits per heavy atom. The lowest BCUT2D eigenvalue weighted by Crippen LogP contribution is -2.62. The summed E-state index contributed by atoms with van der Waals surface area (Å²) in [5.41, 5.74) is 2.68. The van der Waals surface area contributed by atoms with Crippen molar-refractivity contribution < 1.29 is 10.1 Å². The summed E-state index contributed by atoms with van der Waals surface area (Å²) in [5, 5.41) is 2.38. The van der Waals surface area contributed by atoms with Crippen LogP contribution in [0, 0.1) is 0 Å². The predicted molar refractivity (Wildman–Crippen MR) is 94.1 cm³/mol. The minimum atomic E-state index is -2.39. The third-order valence-corrected chi connectivity index (χ3v) is 4.45. The van der Waals surface area contributed by atoms with Crippen LogP contribution < -0.4 is 20.6 Å². The zero-order valence-electron chi connectivity index (χ0n) is 17.6. The van der Waals surface area contributed by atoms with Crippen LogP contribution in [-0.2, 0) is 7.05 Å². The van der Waals surface area contributed by atoms with Crippen molar-refractivity contribution in [1.29, 1.82) is 0 Å². The second-order valence-electron chi connectivity index (χ2n) is 6.04. The number of pyridine rings is 1. The third kappa shape index (κ3) is 2.45. The lowest BCUT2D eigenvalue weighted by atomic mass is 9.49. The lowest BCUT2D eigenvalue weighted by Gasteiger charge is -2.26. The Morgan fingerprint density at radius 3 is 2.86 bits per heavy atom. The molecule has 0 aliphatic carbocycles. The molecule has 1 aromatic carbocycles. The number of hydrogen-bond acceptors (Lipinski definition) is 1. The van der Waals surface area contributed by atoms with Gasteiger partial charge in [0.2, 0.25) is 0 Å². The molecule has 0 saturated carbocycles. The Balaban J connectivity index is 2.19. The molecular weight excluding hydrogens is 267 g/mol. The molecule has 1 atom stereocenters. The predicted octanol–water partition coefficient (Wildman–Crippen LogP) is 0.926. The topological polar surface area (TPSA) is 7.12 Å². The maximum Gasteiger partial charge on any atom is 0.399 e. The molecule has 2 nitrogen and oxygen atoms in total. The van der Waals surface area contributed by atoms with Gasteiger partial charge in [0.25, 0.3) is 0 Å². The molecule has 0 amide bonds. The van der Waals surface area contributed by atoms with Crippen molar-refractivity contribution in [2.45, 2.75) is 26.6 Å². The smallest absolute Gasteiger partial charge is 0.399 e. The largest absolute Gasteiger partial charge is 0.410 e. The Morgan fingerprint density at radius 2 is 2.09 bits per heavy atom. The summed E-state index contributed by atoms with van der Waals surface area (Å²) >= 11 is 0. The number of aromatic nitrogens is 1. The highest BCUT2D eigenvalue weighted by atomic mass is 15.0. The average Bonchev–Trinajstić information content (AvgIpc) is 2.55. The zero-order chi connectivity index (χ0) is 19.3. The number of fused-ring (bicyclic) bond motifs is 1. The van der Waals surface area contributed by atoms with Gasteiger partial charge >= 0.3 is 6.85 Å². The zero-order valence-corrected chi connectivity index (χ0v) is 13.6. The van der Waals surface area contributed by atoms with Crippen LogP contribution in [0.5, 0.6) is 0 Å². The number of hydrogen-bond donors (Lipinski definition) is 0. The first-order valence-electron chi connectivity index (χ1n) is 9.54. The molecule has 3 rings (SSSR count).